The predicted molar refractivity (Wildman–Crippen MR) is 104 cm³/mol. The van der Waals surface area contributed by atoms with Gasteiger partial charge in [-0.1, -0.05) is 27.5 Å². The van der Waals surface area contributed by atoms with Crippen LogP contribution in [0.15, 0.2) is 59.5 Å². The number of halogens is 2. The number of hydrogen-bond donors (Lipinski definition) is 2. The molecule has 0 bridgehead atoms. The highest BCUT2D eigenvalue weighted by atomic mass is 79.9. The largest absolute Gasteiger partial charge is 0.338 e. The van der Waals surface area contributed by atoms with E-state index in [2.05, 4.69) is 41.2 Å². The number of carbonyl (C=O) groups is 1. The number of aromatic nitrogens is 4. The minimum absolute atomic E-state index is 0.211. The van der Waals surface area contributed by atoms with Gasteiger partial charge in [-0.3, -0.25) is 9.78 Å². The Labute approximate surface area is 161 Å². The van der Waals surface area contributed by atoms with Crippen LogP contribution in [0.2, 0.25) is 5.02 Å². The number of H-pyrrole nitrogens is 1. The van der Waals surface area contributed by atoms with Crippen molar-refractivity contribution in [1.29, 1.82) is 0 Å². The average molecular weight is 429 g/mol. The van der Waals surface area contributed by atoms with Gasteiger partial charge in [-0.25, -0.2) is 9.97 Å². The molecule has 2 aromatic carbocycles. The number of amides is 1. The van der Waals surface area contributed by atoms with Gasteiger partial charge in [0, 0.05) is 22.4 Å². The molecule has 0 aliphatic carbocycles. The molecular formula is C18H11BrClN5O. The van der Waals surface area contributed by atoms with Gasteiger partial charge in [0.2, 0.25) is 0 Å². The number of hydrogen-bond acceptors (Lipinski definition) is 4. The van der Waals surface area contributed by atoms with E-state index in [1.807, 2.05) is 24.3 Å². The van der Waals surface area contributed by atoms with Crippen LogP contribution in [0.3, 0.4) is 0 Å². The normalized spacial score (nSPS) is 10.8. The van der Waals surface area contributed by atoms with Crippen molar-refractivity contribution >= 4 is 50.2 Å². The second kappa shape index (κ2) is 6.86. The lowest BCUT2D eigenvalue weighted by molar-refractivity contribution is 0.102. The Morgan fingerprint density at radius 3 is 2.85 bits per heavy atom. The fourth-order valence-corrected chi connectivity index (χ4v) is 3.02. The number of imidazole rings is 1. The minimum atomic E-state index is -0.384. The SMILES string of the molecule is O=C(Nc1cc(-c2nc3ccc(Br)cc3[nH]2)ccc1Cl)c1cnccn1. The third-order valence-corrected chi connectivity index (χ3v) is 4.55. The number of carbonyl (C=O) groups excluding carboxylic acids is 1. The van der Waals surface area contributed by atoms with Crippen molar-refractivity contribution in [1.82, 2.24) is 19.9 Å². The molecule has 0 aliphatic rings. The van der Waals surface area contributed by atoms with Gasteiger partial charge in [0.05, 0.1) is 27.9 Å². The van der Waals surface area contributed by atoms with E-state index in [-0.39, 0.29) is 11.6 Å². The molecule has 0 aliphatic heterocycles. The van der Waals surface area contributed by atoms with Gasteiger partial charge < -0.3 is 10.3 Å². The number of fused-ring (bicyclic) bond motifs is 1. The zero-order chi connectivity index (χ0) is 18.1. The number of rotatable bonds is 3. The van der Waals surface area contributed by atoms with Crippen LogP contribution in [0.5, 0.6) is 0 Å². The first-order valence-corrected chi connectivity index (χ1v) is 8.80. The monoisotopic (exact) mass is 427 g/mol. The first-order chi connectivity index (χ1) is 12.6. The quantitative estimate of drug-likeness (QED) is 0.496. The van der Waals surface area contributed by atoms with Gasteiger partial charge in [0.1, 0.15) is 11.5 Å². The maximum atomic E-state index is 12.3. The van der Waals surface area contributed by atoms with Crippen LogP contribution < -0.4 is 5.32 Å². The van der Waals surface area contributed by atoms with Crippen LogP contribution in [-0.2, 0) is 0 Å². The third-order valence-electron chi connectivity index (χ3n) is 3.73. The van der Waals surface area contributed by atoms with Gasteiger partial charge in [-0.2, -0.15) is 0 Å². The zero-order valence-corrected chi connectivity index (χ0v) is 15.5. The number of anilines is 1. The molecule has 2 aromatic heterocycles. The van der Waals surface area contributed by atoms with E-state index in [1.165, 1.54) is 18.6 Å². The predicted octanol–water partition coefficient (Wildman–Crippen LogP) is 4.69. The van der Waals surface area contributed by atoms with E-state index in [0.717, 1.165) is 21.1 Å². The fraction of sp³-hybridized carbons (Fsp3) is 0. The molecule has 4 aromatic rings. The molecule has 6 nitrogen and oxygen atoms in total. The van der Waals surface area contributed by atoms with Crippen molar-refractivity contribution in [3.8, 4) is 11.4 Å². The Kier molecular flexibility index (Phi) is 4.40. The Morgan fingerprint density at radius 2 is 2.04 bits per heavy atom. The highest BCUT2D eigenvalue weighted by Gasteiger charge is 2.12. The molecule has 4 rings (SSSR count). The van der Waals surface area contributed by atoms with Crippen molar-refractivity contribution in [3.63, 3.8) is 0 Å². The molecule has 2 heterocycles. The van der Waals surface area contributed by atoms with Crippen molar-refractivity contribution in [2.24, 2.45) is 0 Å². The minimum Gasteiger partial charge on any atom is -0.338 e. The molecule has 0 fully saturated rings. The first-order valence-electron chi connectivity index (χ1n) is 7.63. The molecule has 0 atom stereocenters. The van der Waals surface area contributed by atoms with E-state index in [9.17, 15) is 4.79 Å². The summed E-state index contributed by atoms with van der Waals surface area (Å²) in [6.45, 7) is 0. The van der Waals surface area contributed by atoms with Crippen LogP contribution in [-0.4, -0.2) is 25.8 Å². The van der Waals surface area contributed by atoms with Crippen molar-refractivity contribution in [2.45, 2.75) is 0 Å². The molecule has 128 valence electrons. The van der Waals surface area contributed by atoms with E-state index >= 15 is 0 Å². The smallest absolute Gasteiger partial charge is 0.275 e. The molecule has 26 heavy (non-hydrogen) atoms. The fourth-order valence-electron chi connectivity index (χ4n) is 2.49. The highest BCUT2D eigenvalue weighted by Crippen LogP contribution is 2.29. The van der Waals surface area contributed by atoms with Gasteiger partial charge in [-0.15, -0.1) is 0 Å². The summed E-state index contributed by atoms with van der Waals surface area (Å²) in [5.41, 5.74) is 3.25. The molecule has 0 saturated carbocycles. The summed E-state index contributed by atoms with van der Waals surface area (Å²) in [6.07, 6.45) is 4.36. The lowest BCUT2D eigenvalue weighted by atomic mass is 10.2. The van der Waals surface area contributed by atoms with Crippen LogP contribution in [0.4, 0.5) is 5.69 Å². The number of nitrogens with one attached hydrogen (secondary N) is 2. The summed E-state index contributed by atoms with van der Waals surface area (Å²) in [5, 5.41) is 3.18. The van der Waals surface area contributed by atoms with Gasteiger partial charge in [-0.05, 0) is 36.4 Å². The van der Waals surface area contributed by atoms with Crippen LogP contribution >= 0.6 is 27.5 Å². The third kappa shape index (κ3) is 3.31. The molecule has 8 heteroatoms. The molecule has 2 N–H and O–H groups in total. The molecular weight excluding hydrogens is 418 g/mol. The Balaban J connectivity index is 1.68. The van der Waals surface area contributed by atoms with Crippen molar-refractivity contribution < 1.29 is 4.79 Å². The molecule has 1 amide bonds. The van der Waals surface area contributed by atoms with E-state index < -0.39 is 0 Å². The Morgan fingerprint density at radius 1 is 1.15 bits per heavy atom. The number of benzene rings is 2. The van der Waals surface area contributed by atoms with Crippen LogP contribution in [0.25, 0.3) is 22.4 Å². The highest BCUT2D eigenvalue weighted by molar-refractivity contribution is 9.10. The van der Waals surface area contributed by atoms with E-state index in [1.54, 1.807) is 12.1 Å². The second-order valence-electron chi connectivity index (χ2n) is 5.49. The summed E-state index contributed by atoms with van der Waals surface area (Å²) in [6, 6.07) is 11.1. The lowest BCUT2D eigenvalue weighted by Gasteiger charge is -2.08. The molecule has 0 spiro atoms. The summed E-state index contributed by atoms with van der Waals surface area (Å²) in [5.74, 6) is 0.301. The van der Waals surface area contributed by atoms with Gasteiger partial charge >= 0.3 is 0 Å². The van der Waals surface area contributed by atoms with E-state index in [0.29, 0.717) is 16.5 Å². The maximum absolute atomic E-state index is 12.3. The summed E-state index contributed by atoms with van der Waals surface area (Å²) < 4.78 is 0.966. The maximum Gasteiger partial charge on any atom is 0.275 e. The van der Waals surface area contributed by atoms with Crippen molar-refractivity contribution in [3.05, 3.63) is 70.2 Å². The average Bonchev–Trinajstić information content (AvgIpc) is 3.07. The second-order valence-corrected chi connectivity index (χ2v) is 6.81. The zero-order valence-electron chi connectivity index (χ0n) is 13.2. The molecule has 0 unspecified atom stereocenters. The van der Waals surface area contributed by atoms with E-state index in [4.69, 9.17) is 11.6 Å². The molecule has 0 saturated heterocycles. The summed E-state index contributed by atoms with van der Waals surface area (Å²) >= 11 is 9.67. The Bertz CT molecular complexity index is 1110. The first kappa shape index (κ1) is 16.7. The molecule has 0 radical (unpaired) electrons. The number of aromatic amines is 1. The van der Waals surface area contributed by atoms with Crippen LogP contribution in [0, 0.1) is 0 Å². The Hall–Kier alpha value is -2.77. The lowest BCUT2D eigenvalue weighted by Crippen LogP contribution is -2.14. The van der Waals surface area contributed by atoms with Crippen molar-refractivity contribution in [2.75, 3.05) is 5.32 Å². The van der Waals surface area contributed by atoms with Gasteiger partial charge in [0.15, 0.2) is 0 Å². The number of nitrogens with zero attached hydrogens (tertiary/aromatic N) is 3. The van der Waals surface area contributed by atoms with Crippen LogP contribution in [0.1, 0.15) is 10.5 Å². The van der Waals surface area contributed by atoms with Gasteiger partial charge in [0.25, 0.3) is 5.91 Å². The summed E-state index contributed by atoms with van der Waals surface area (Å²) in [7, 11) is 0. The standard InChI is InChI=1S/C18H11BrClN5O/c19-11-2-4-13-15(8-11)24-17(23-13)10-1-3-12(20)14(7-10)25-18(26)16-9-21-5-6-22-16/h1-9H,(H,23,24)(H,25,26). The summed E-state index contributed by atoms with van der Waals surface area (Å²) in [4.78, 5) is 28.0. The topological polar surface area (TPSA) is 83.6 Å².